The van der Waals surface area contributed by atoms with Gasteiger partial charge in [-0.25, -0.2) is 9.18 Å². The molecule has 6 heteroatoms. The molecule has 1 N–H and O–H groups in total. The highest BCUT2D eigenvalue weighted by Gasteiger charge is 2.32. The lowest BCUT2D eigenvalue weighted by Crippen LogP contribution is -2.44. The van der Waals surface area contributed by atoms with Crippen LogP contribution in [0.5, 0.6) is 0 Å². The molecule has 2 rings (SSSR count). The molecule has 1 aliphatic rings. The minimum Gasteiger partial charge on any atom is -0.360 e. The van der Waals surface area contributed by atoms with Crippen LogP contribution < -0.4 is 10.2 Å². The SMILES string of the molecule is CC(C)NC(=S)N1CCN(c2ccc(F)cc2)C1=O. The quantitative estimate of drug-likeness (QED) is 0.845. The minimum atomic E-state index is -0.316. The maximum atomic E-state index is 12.9. The lowest BCUT2D eigenvalue weighted by atomic mass is 10.3. The predicted molar refractivity (Wildman–Crippen MR) is 76.7 cm³/mol. The largest absolute Gasteiger partial charge is 0.360 e. The Kier molecular flexibility index (Phi) is 3.99. The fourth-order valence-corrected chi connectivity index (χ4v) is 2.32. The molecule has 1 aromatic carbocycles. The summed E-state index contributed by atoms with van der Waals surface area (Å²) in [6.07, 6.45) is 0. The van der Waals surface area contributed by atoms with Crippen molar-refractivity contribution in [2.24, 2.45) is 0 Å². The zero-order valence-corrected chi connectivity index (χ0v) is 11.7. The molecule has 1 fully saturated rings. The van der Waals surface area contributed by atoms with Gasteiger partial charge in [-0.2, -0.15) is 0 Å². The molecular formula is C13H16FN3OS. The highest BCUT2D eigenvalue weighted by molar-refractivity contribution is 7.80. The van der Waals surface area contributed by atoms with Crippen molar-refractivity contribution < 1.29 is 9.18 Å². The second-order valence-electron chi connectivity index (χ2n) is 4.67. The average molecular weight is 281 g/mol. The summed E-state index contributed by atoms with van der Waals surface area (Å²) in [6, 6.07) is 5.88. The van der Waals surface area contributed by atoms with Gasteiger partial charge in [0.2, 0.25) is 0 Å². The number of hydrogen-bond acceptors (Lipinski definition) is 2. The monoisotopic (exact) mass is 281 g/mol. The molecule has 0 spiro atoms. The van der Waals surface area contributed by atoms with Crippen LogP contribution in [0, 0.1) is 5.82 Å². The molecule has 0 radical (unpaired) electrons. The highest BCUT2D eigenvalue weighted by atomic mass is 32.1. The first-order valence-corrected chi connectivity index (χ1v) is 6.55. The van der Waals surface area contributed by atoms with Crippen LogP contribution in [0.1, 0.15) is 13.8 Å². The lowest BCUT2D eigenvalue weighted by Gasteiger charge is -2.21. The molecule has 4 nitrogen and oxygen atoms in total. The second-order valence-corrected chi connectivity index (χ2v) is 5.05. The molecule has 2 amide bonds. The number of nitrogens with zero attached hydrogens (tertiary/aromatic N) is 2. The van der Waals surface area contributed by atoms with Crippen LogP contribution in [0.3, 0.4) is 0 Å². The standard InChI is InChI=1S/C13H16FN3OS/c1-9(2)15-12(19)17-8-7-16(13(17)18)11-5-3-10(14)4-6-11/h3-6,9H,7-8H2,1-2H3,(H,15,19). The fraction of sp³-hybridized carbons (Fsp3) is 0.385. The minimum absolute atomic E-state index is 0.176. The summed E-state index contributed by atoms with van der Waals surface area (Å²) in [5, 5.41) is 3.48. The molecule has 1 saturated heterocycles. The molecule has 1 aromatic rings. The van der Waals surface area contributed by atoms with E-state index >= 15 is 0 Å². The number of nitrogens with one attached hydrogen (secondary N) is 1. The third-order valence-electron chi connectivity index (χ3n) is 2.80. The maximum absolute atomic E-state index is 12.9. The van der Waals surface area contributed by atoms with E-state index in [1.807, 2.05) is 13.8 Å². The topological polar surface area (TPSA) is 35.6 Å². The molecular weight excluding hydrogens is 265 g/mol. The lowest BCUT2D eigenvalue weighted by molar-refractivity contribution is 0.237. The summed E-state index contributed by atoms with van der Waals surface area (Å²) >= 11 is 5.20. The van der Waals surface area contributed by atoms with Gasteiger partial charge < -0.3 is 5.32 Å². The number of thiocarbonyl (C=S) groups is 1. The van der Waals surface area contributed by atoms with Gasteiger partial charge in [0.15, 0.2) is 5.11 Å². The van der Waals surface area contributed by atoms with E-state index in [9.17, 15) is 9.18 Å². The van der Waals surface area contributed by atoms with Crippen molar-refractivity contribution in [3.05, 3.63) is 30.1 Å². The predicted octanol–water partition coefficient (Wildman–Crippen LogP) is 2.35. The van der Waals surface area contributed by atoms with E-state index in [4.69, 9.17) is 12.2 Å². The van der Waals surface area contributed by atoms with Gasteiger partial charge in [0.1, 0.15) is 5.82 Å². The van der Waals surface area contributed by atoms with Gasteiger partial charge in [-0.3, -0.25) is 9.80 Å². The molecule has 0 atom stereocenters. The van der Waals surface area contributed by atoms with Crippen molar-refractivity contribution >= 4 is 29.0 Å². The van der Waals surface area contributed by atoms with Crippen molar-refractivity contribution in [2.75, 3.05) is 18.0 Å². The third kappa shape index (κ3) is 3.01. The van der Waals surface area contributed by atoms with Crippen LogP contribution in [0.2, 0.25) is 0 Å². The third-order valence-corrected chi connectivity index (χ3v) is 3.14. The maximum Gasteiger partial charge on any atom is 0.330 e. The first kappa shape index (κ1) is 13.7. The molecule has 1 heterocycles. The summed E-state index contributed by atoms with van der Waals surface area (Å²) < 4.78 is 12.9. The van der Waals surface area contributed by atoms with E-state index in [-0.39, 0.29) is 17.9 Å². The van der Waals surface area contributed by atoms with E-state index in [0.717, 1.165) is 0 Å². The Balaban J connectivity index is 2.09. The van der Waals surface area contributed by atoms with Gasteiger partial charge in [0.05, 0.1) is 0 Å². The van der Waals surface area contributed by atoms with Gasteiger partial charge in [-0.15, -0.1) is 0 Å². The van der Waals surface area contributed by atoms with Crippen LogP contribution in [0.25, 0.3) is 0 Å². The normalized spacial score (nSPS) is 15.3. The number of urea groups is 1. The molecule has 0 bridgehead atoms. The average Bonchev–Trinajstić information content (AvgIpc) is 2.71. The van der Waals surface area contributed by atoms with Crippen molar-refractivity contribution in [1.82, 2.24) is 10.2 Å². The van der Waals surface area contributed by atoms with Crippen LogP contribution >= 0.6 is 12.2 Å². The first-order chi connectivity index (χ1) is 8.99. The van der Waals surface area contributed by atoms with E-state index in [2.05, 4.69) is 5.32 Å². The molecule has 0 aromatic heterocycles. The summed E-state index contributed by atoms with van der Waals surface area (Å²) in [5.74, 6) is -0.316. The molecule has 1 aliphatic heterocycles. The molecule has 0 saturated carbocycles. The number of carbonyl (C=O) groups excluding carboxylic acids is 1. The Hall–Kier alpha value is -1.69. The Morgan fingerprint density at radius 2 is 1.95 bits per heavy atom. The zero-order valence-electron chi connectivity index (χ0n) is 10.9. The van der Waals surface area contributed by atoms with Gasteiger partial charge in [-0.05, 0) is 50.3 Å². The Morgan fingerprint density at radius 1 is 1.32 bits per heavy atom. The Morgan fingerprint density at radius 3 is 2.53 bits per heavy atom. The van der Waals surface area contributed by atoms with E-state index < -0.39 is 0 Å². The molecule has 0 unspecified atom stereocenters. The number of anilines is 1. The molecule has 102 valence electrons. The van der Waals surface area contributed by atoms with Crippen molar-refractivity contribution in [3.8, 4) is 0 Å². The number of carbonyl (C=O) groups is 1. The number of rotatable bonds is 2. The summed E-state index contributed by atoms with van der Waals surface area (Å²) in [5.41, 5.74) is 0.682. The fourth-order valence-electron chi connectivity index (χ4n) is 1.91. The van der Waals surface area contributed by atoms with Gasteiger partial charge in [-0.1, -0.05) is 0 Å². The summed E-state index contributed by atoms with van der Waals surface area (Å²) in [6.45, 7) is 5.01. The van der Waals surface area contributed by atoms with Gasteiger partial charge in [0.25, 0.3) is 0 Å². The summed E-state index contributed by atoms with van der Waals surface area (Å²) in [7, 11) is 0. The number of hydrogen-bond donors (Lipinski definition) is 1. The summed E-state index contributed by atoms with van der Waals surface area (Å²) in [4.78, 5) is 15.4. The Bertz CT molecular complexity index is 489. The van der Waals surface area contributed by atoms with Crippen LogP contribution in [-0.4, -0.2) is 35.2 Å². The smallest absolute Gasteiger partial charge is 0.330 e. The zero-order chi connectivity index (χ0) is 14.0. The number of amides is 2. The van der Waals surface area contributed by atoms with Gasteiger partial charge in [0, 0.05) is 24.8 Å². The number of benzene rings is 1. The van der Waals surface area contributed by atoms with Crippen molar-refractivity contribution in [3.63, 3.8) is 0 Å². The van der Waals surface area contributed by atoms with Crippen LogP contribution in [0.15, 0.2) is 24.3 Å². The van der Waals surface area contributed by atoms with Crippen LogP contribution in [0.4, 0.5) is 14.9 Å². The molecule has 19 heavy (non-hydrogen) atoms. The van der Waals surface area contributed by atoms with E-state index in [1.165, 1.54) is 17.0 Å². The van der Waals surface area contributed by atoms with E-state index in [0.29, 0.717) is 23.9 Å². The Labute approximate surface area is 117 Å². The highest BCUT2D eigenvalue weighted by Crippen LogP contribution is 2.20. The van der Waals surface area contributed by atoms with Gasteiger partial charge >= 0.3 is 6.03 Å². The van der Waals surface area contributed by atoms with E-state index in [1.54, 1.807) is 17.0 Å². The van der Waals surface area contributed by atoms with Crippen molar-refractivity contribution in [1.29, 1.82) is 0 Å². The molecule has 0 aliphatic carbocycles. The first-order valence-electron chi connectivity index (χ1n) is 6.14. The van der Waals surface area contributed by atoms with Crippen molar-refractivity contribution in [2.45, 2.75) is 19.9 Å². The van der Waals surface area contributed by atoms with Crippen LogP contribution in [-0.2, 0) is 0 Å². The number of halogens is 1. The second kappa shape index (κ2) is 5.52.